The van der Waals surface area contributed by atoms with Crippen molar-refractivity contribution in [3.8, 4) is 0 Å². The third kappa shape index (κ3) is 1.29. The molecule has 1 saturated carbocycles. The zero-order valence-corrected chi connectivity index (χ0v) is 6.26. The molecule has 0 saturated heterocycles. The average Bonchev–Trinajstić information content (AvgIpc) is 2.34. The van der Waals surface area contributed by atoms with E-state index >= 15 is 0 Å². The van der Waals surface area contributed by atoms with E-state index < -0.39 is 0 Å². The summed E-state index contributed by atoms with van der Waals surface area (Å²) in [5, 5.41) is 0. The molecule has 0 bridgehead atoms. The number of hydrazine groups is 1. The second kappa shape index (κ2) is 3.01. The number of amides is 1. The molecular weight excluding hydrogens is 128 g/mol. The Morgan fingerprint density at radius 1 is 1.60 bits per heavy atom. The Balaban J connectivity index is 2.46. The highest BCUT2D eigenvalue weighted by Crippen LogP contribution is 2.30. The van der Waals surface area contributed by atoms with Gasteiger partial charge < -0.3 is 0 Å². The SMILES string of the molecule is CC1CCCC1C(=O)NN. The maximum absolute atomic E-state index is 11.0. The molecule has 0 radical (unpaired) electrons. The van der Waals surface area contributed by atoms with Crippen LogP contribution in [0.25, 0.3) is 0 Å². The van der Waals surface area contributed by atoms with Crippen LogP contribution in [0, 0.1) is 11.8 Å². The molecule has 3 N–H and O–H groups in total. The van der Waals surface area contributed by atoms with Gasteiger partial charge in [-0.3, -0.25) is 10.2 Å². The van der Waals surface area contributed by atoms with Crippen LogP contribution >= 0.6 is 0 Å². The molecule has 0 spiro atoms. The Bertz CT molecular complexity index is 136. The van der Waals surface area contributed by atoms with E-state index in [0.29, 0.717) is 5.92 Å². The second-order valence-electron chi connectivity index (χ2n) is 3.02. The van der Waals surface area contributed by atoms with E-state index in [2.05, 4.69) is 12.3 Å². The van der Waals surface area contributed by atoms with Gasteiger partial charge in [-0.25, -0.2) is 5.84 Å². The number of rotatable bonds is 1. The number of nitrogens with two attached hydrogens (primary N) is 1. The topological polar surface area (TPSA) is 55.1 Å². The van der Waals surface area contributed by atoms with Crippen LogP contribution in [0.2, 0.25) is 0 Å². The molecule has 1 aliphatic carbocycles. The number of hydrogen-bond donors (Lipinski definition) is 2. The first-order chi connectivity index (χ1) is 4.75. The quantitative estimate of drug-likeness (QED) is 0.316. The molecule has 1 aliphatic rings. The lowest BCUT2D eigenvalue weighted by Crippen LogP contribution is -2.36. The summed E-state index contributed by atoms with van der Waals surface area (Å²) in [5.74, 6) is 5.71. The first-order valence-electron chi connectivity index (χ1n) is 3.76. The minimum atomic E-state index is 0.00463. The largest absolute Gasteiger partial charge is 0.294 e. The van der Waals surface area contributed by atoms with Crippen molar-refractivity contribution in [3.05, 3.63) is 0 Å². The number of hydrogen-bond acceptors (Lipinski definition) is 2. The molecule has 10 heavy (non-hydrogen) atoms. The summed E-state index contributed by atoms with van der Waals surface area (Å²) in [4.78, 5) is 11.0. The van der Waals surface area contributed by atoms with E-state index in [1.54, 1.807) is 0 Å². The van der Waals surface area contributed by atoms with Gasteiger partial charge in [-0.05, 0) is 18.8 Å². The molecule has 58 valence electrons. The molecule has 2 atom stereocenters. The highest BCUT2D eigenvalue weighted by atomic mass is 16.2. The van der Waals surface area contributed by atoms with E-state index in [-0.39, 0.29) is 11.8 Å². The minimum absolute atomic E-state index is 0.00463. The third-order valence-corrected chi connectivity index (χ3v) is 2.34. The highest BCUT2D eigenvalue weighted by molar-refractivity contribution is 5.78. The van der Waals surface area contributed by atoms with E-state index in [0.717, 1.165) is 12.8 Å². The Labute approximate surface area is 60.9 Å². The molecule has 1 rings (SSSR count). The van der Waals surface area contributed by atoms with Gasteiger partial charge in [0.2, 0.25) is 5.91 Å². The Morgan fingerprint density at radius 3 is 2.70 bits per heavy atom. The molecular formula is C7H14N2O. The molecule has 2 unspecified atom stereocenters. The van der Waals surface area contributed by atoms with Crippen molar-refractivity contribution in [1.29, 1.82) is 0 Å². The van der Waals surface area contributed by atoms with Crippen molar-refractivity contribution in [2.24, 2.45) is 17.7 Å². The number of carbonyl (C=O) groups is 1. The third-order valence-electron chi connectivity index (χ3n) is 2.34. The summed E-state index contributed by atoms with van der Waals surface area (Å²) in [6, 6.07) is 0. The molecule has 0 heterocycles. The van der Waals surface area contributed by atoms with Gasteiger partial charge in [0.05, 0.1) is 0 Å². The Kier molecular flexibility index (Phi) is 2.27. The van der Waals surface area contributed by atoms with Gasteiger partial charge in [0, 0.05) is 5.92 Å². The van der Waals surface area contributed by atoms with E-state index in [1.807, 2.05) is 0 Å². The van der Waals surface area contributed by atoms with Crippen LogP contribution in [0.4, 0.5) is 0 Å². The summed E-state index contributed by atoms with van der Waals surface area (Å²) < 4.78 is 0. The van der Waals surface area contributed by atoms with Crippen molar-refractivity contribution in [2.45, 2.75) is 26.2 Å². The standard InChI is InChI=1S/C7H14N2O/c1-5-3-2-4-6(5)7(10)9-8/h5-6H,2-4,8H2,1H3,(H,9,10). The van der Waals surface area contributed by atoms with E-state index in [1.165, 1.54) is 6.42 Å². The Morgan fingerprint density at radius 2 is 2.30 bits per heavy atom. The van der Waals surface area contributed by atoms with Gasteiger partial charge in [0.25, 0.3) is 0 Å². The van der Waals surface area contributed by atoms with Gasteiger partial charge in [-0.15, -0.1) is 0 Å². The fourth-order valence-corrected chi connectivity index (χ4v) is 1.64. The lowest BCUT2D eigenvalue weighted by molar-refractivity contribution is -0.125. The molecule has 3 nitrogen and oxygen atoms in total. The van der Waals surface area contributed by atoms with Crippen molar-refractivity contribution >= 4 is 5.91 Å². The van der Waals surface area contributed by atoms with Crippen LogP contribution in [-0.4, -0.2) is 5.91 Å². The molecule has 1 fully saturated rings. The van der Waals surface area contributed by atoms with E-state index in [9.17, 15) is 4.79 Å². The first kappa shape index (κ1) is 7.54. The molecule has 3 heteroatoms. The normalized spacial score (nSPS) is 32.2. The predicted molar refractivity (Wildman–Crippen MR) is 38.8 cm³/mol. The van der Waals surface area contributed by atoms with Crippen LogP contribution in [-0.2, 0) is 4.79 Å². The molecule has 1 amide bonds. The zero-order chi connectivity index (χ0) is 7.56. The number of nitrogens with one attached hydrogen (secondary N) is 1. The first-order valence-corrected chi connectivity index (χ1v) is 3.76. The van der Waals surface area contributed by atoms with Crippen LogP contribution in [0.15, 0.2) is 0 Å². The van der Waals surface area contributed by atoms with E-state index in [4.69, 9.17) is 5.84 Å². The zero-order valence-electron chi connectivity index (χ0n) is 6.26. The van der Waals surface area contributed by atoms with Gasteiger partial charge in [-0.1, -0.05) is 13.3 Å². The lowest BCUT2D eigenvalue weighted by atomic mass is 9.98. The smallest absolute Gasteiger partial charge is 0.237 e. The molecule has 0 aliphatic heterocycles. The number of carbonyl (C=O) groups excluding carboxylic acids is 1. The van der Waals surface area contributed by atoms with Gasteiger partial charge >= 0.3 is 0 Å². The van der Waals surface area contributed by atoms with Crippen molar-refractivity contribution in [3.63, 3.8) is 0 Å². The van der Waals surface area contributed by atoms with Crippen molar-refractivity contribution in [1.82, 2.24) is 5.43 Å². The summed E-state index contributed by atoms with van der Waals surface area (Å²) in [6.45, 7) is 2.10. The van der Waals surface area contributed by atoms with Gasteiger partial charge in [0.15, 0.2) is 0 Å². The van der Waals surface area contributed by atoms with Crippen LogP contribution in [0.5, 0.6) is 0 Å². The van der Waals surface area contributed by atoms with Crippen molar-refractivity contribution in [2.75, 3.05) is 0 Å². The lowest BCUT2D eigenvalue weighted by Gasteiger charge is -2.11. The highest BCUT2D eigenvalue weighted by Gasteiger charge is 2.28. The van der Waals surface area contributed by atoms with Crippen LogP contribution < -0.4 is 11.3 Å². The summed E-state index contributed by atoms with van der Waals surface area (Å²) in [5.41, 5.74) is 2.20. The molecule has 0 aromatic rings. The molecule has 0 aromatic carbocycles. The molecule has 0 aromatic heterocycles. The van der Waals surface area contributed by atoms with Crippen LogP contribution in [0.1, 0.15) is 26.2 Å². The fraction of sp³-hybridized carbons (Fsp3) is 0.857. The average molecular weight is 142 g/mol. The van der Waals surface area contributed by atoms with Crippen LogP contribution in [0.3, 0.4) is 0 Å². The summed E-state index contributed by atoms with van der Waals surface area (Å²) >= 11 is 0. The summed E-state index contributed by atoms with van der Waals surface area (Å²) in [7, 11) is 0. The second-order valence-corrected chi connectivity index (χ2v) is 3.02. The fourth-order valence-electron chi connectivity index (χ4n) is 1.64. The van der Waals surface area contributed by atoms with Gasteiger partial charge in [-0.2, -0.15) is 0 Å². The maximum atomic E-state index is 11.0. The maximum Gasteiger partial charge on any atom is 0.237 e. The Hall–Kier alpha value is -0.570. The van der Waals surface area contributed by atoms with Crippen molar-refractivity contribution < 1.29 is 4.79 Å². The van der Waals surface area contributed by atoms with Gasteiger partial charge in [0.1, 0.15) is 0 Å². The summed E-state index contributed by atoms with van der Waals surface area (Å²) in [6.07, 6.45) is 3.33. The minimum Gasteiger partial charge on any atom is -0.294 e. The predicted octanol–water partition coefficient (Wildman–Crippen LogP) is 0.413. The monoisotopic (exact) mass is 142 g/mol.